The van der Waals surface area contributed by atoms with Crippen molar-refractivity contribution < 1.29 is 9.90 Å². The van der Waals surface area contributed by atoms with E-state index in [0.717, 1.165) is 22.8 Å². The van der Waals surface area contributed by atoms with E-state index >= 15 is 0 Å². The summed E-state index contributed by atoms with van der Waals surface area (Å²) in [7, 11) is 0. The highest BCUT2D eigenvalue weighted by Gasteiger charge is 2.09. The number of carbonyl (C=O) groups is 1. The van der Waals surface area contributed by atoms with Gasteiger partial charge in [-0.25, -0.2) is 0 Å². The van der Waals surface area contributed by atoms with Gasteiger partial charge in [0, 0.05) is 29.5 Å². The quantitative estimate of drug-likeness (QED) is 0.658. The first kappa shape index (κ1) is 14.3. The predicted octanol–water partition coefficient (Wildman–Crippen LogP) is 1.48. The molecule has 6 heteroatoms. The van der Waals surface area contributed by atoms with E-state index in [1.54, 1.807) is 17.8 Å². The van der Waals surface area contributed by atoms with Gasteiger partial charge in [0.25, 0.3) is 5.91 Å². The Balaban J connectivity index is 2.21. The van der Waals surface area contributed by atoms with Crippen LogP contribution in [0.15, 0.2) is 6.07 Å². The van der Waals surface area contributed by atoms with Crippen LogP contribution in [0.1, 0.15) is 21.0 Å². The number of thioether (sulfide) groups is 1. The van der Waals surface area contributed by atoms with E-state index in [1.165, 1.54) is 11.3 Å². The molecule has 0 saturated carbocycles. The van der Waals surface area contributed by atoms with Gasteiger partial charge >= 0.3 is 0 Å². The smallest absolute Gasteiger partial charge is 0.261 e. The van der Waals surface area contributed by atoms with Crippen molar-refractivity contribution in [3.05, 3.63) is 15.8 Å². The topological polar surface area (TPSA) is 75.3 Å². The SMILES string of the molecule is Cc1sc(C(=O)NCCSCCCO)cc1N. The molecule has 0 aromatic carbocycles. The largest absolute Gasteiger partial charge is 0.398 e. The highest BCUT2D eigenvalue weighted by molar-refractivity contribution is 7.99. The fourth-order valence-corrected chi connectivity index (χ4v) is 2.84. The number of aliphatic hydroxyl groups excluding tert-OH is 1. The molecule has 0 saturated heterocycles. The third kappa shape index (κ3) is 4.97. The van der Waals surface area contributed by atoms with Gasteiger partial charge in [0.2, 0.25) is 0 Å². The molecule has 0 aliphatic rings. The molecule has 1 amide bonds. The first-order valence-corrected chi connectivity index (χ1v) is 7.45. The number of nitrogens with one attached hydrogen (secondary N) is 1. The number of carbonyl (C=O) groups excluding carboxylic acids is 1. The van der Waals surface area contributed by atoms with Crippen LogP contribution in [0.3, 0.4) is 0 Å². The number of amides is 1. The van der Waals surface area contributed by atoms with Crippen molar-refractivity contribution in [3.8, 4) is 0 Å². The monoisotopic (exact) mass is 274 g/mol. The van der Waals surface area contributed by atoms with Gasteiger partial charge in [-0.3, -0.25) is 4.79 Å². The van der Waals surface area contributed by atoms with E-state index < -0.39 is 0 Å². The number of aryl methyl sites for hydroxylation is 1. The Labute approximate surface area is 110 Å². The lowest BCUT2D eigenvalue weighted by Gasteiger charge is -2.02. The summed E-state index contributed by atoms with van der Waals surface area (Å²) in [5.74, 6) is 1.74. The zero-order valence-electron chi connectivity index (χ0n) is 9.86. The first-order valence-electron chi connectivity index (χ1n) is 5.48. The molecular weight excluding hydrogens is 256 g/mol. The average Bonchev–Trinajstić information content (AvgIpc) is 2.64. The molecule has 0 aliphatic heterocycles. The molecule has 0 aliphatic carbocycles. The Hall–Kier alpha value is -0.720. The molecule has 0 radical (unpaired) electrons. The van der Waals surface area contributed by atoms with Crippen LogP contribution in [-0.4, -0.2) is 35.7 Å². The van der Waals surface area contributed by atoms with Gasteiger partial charge in [-0.2, -0.15) is 11.8 Å². The van der Waals surface area contributed by atoms with Crippen LogP contribution >= 0.6 is 23.1 Å². The minimum absolute atomic E-state index is 0.0578. The van der Waals surface area contributed by atoms with Crippen LogP contribution in [0.4, 0.5) is 5.69 Å². The van der Waals surface area contributed by atoms with Crippen molar-refractivity contribution in [2.75, 3.05) is 30.4 Å². The number of aliphatic hydroxyl groups is 1. The van der Waals surface area contributed by atoms with Gasteiger partial charge in [0.05, 0.1) is 4.88 Å². The molecule has 1 aromatic heterocycles. The van der Waals surface area contributed by atoms with Gasteiger partial charge in [0.15, 0.2) is 0 Å². The molecule has 0 spiro atoms. The zero-order chi connectivity index (χ0) is 12.7. The molecule has 96 valence electrons. The van der Waals surface area contributed by atoms with Crippen LogP contribution in [-0.2, 0) is 0 Å². The van der Waals surface area contributed by atoms with E-state index in [4.69, 9.17) is 10.8 Å². The molecule has 4 N–H and O–H groups in total. The number of nitrogen functional groups attached to an aromatic ring is 1. The lowest BCUT2D eigenvalue weighted by atomic mass is 10.3. The minimum atomic E-state index is -0.0578. The summed E-state index contributed by atoms with van der Waals surface area (Å²) in [5, 5.41) is 11.4. The van der Waals surface area contributed by atoms with Crippen molar-refractivity contribution in [3.63, 3.8) is 0 Å². The molecule has 0 atom stereocenters. The molecular formula is C11H18N2O2S2. The highest BCUT2D eigenvalue weighted by atomic mass is 32.2. The van der Waals surface area contributed by atoms with Crippen molar-refractivity contribution in [2.45, 2.75) is 13.3 Å². The van der Waals surface area contributed by atoms with Crippen molar-refractivity contribution in [1.82, 2.24) is 5.32 Å². The summed E-state index contributed by atoms with van der Waals surface area (Å²) >= 11 is 3.14. The third-order valence-electron chi connectivity index (χ3n) is 2.16. The Morgan fingerprint density at radius 3 is 2.94 bits per heavy atom. The first-order chi connectivity index (χ1) is 8.15. The van der Waals surface area contributed by atoms with Gasteiger partial charge in [-0.15, -0.1) is 11.3 Å². The maximum absolute atomic E-state index is 11.7. The highest BCUT2D eigenvalue weighted by Crippen LogP contribution is 2.23. The average molecular weight is 274 g/mol. The maximum atomic E-state index is 11.7. The number of thiophene rings is 1. The van der Waals surface area contributed by atoms with E-state index in [2.05, 4.69) is 5.32 Å². The number of rotatable bonds is 7. The van der Waals surface area contributed by atoms with Crippen molar-refractivity contribution >= 4 is 34.7 Å². The van der Waals surface area contributed by atoms with E-state index in [-0.39, 0.29) is 12.5 Å². The summed E-state index contributed by atoms with van der Waals surface area (Å²) in [5.41, 5.74) is 6.37. The van der Waals surface area contributed by atoms with Crippen LogP contribution in [0, 0.1) is 6.92 Å². The molecule has 17 heavy (non-hydrogen) atoms. The molecule has 1 heterocycles. The predicted molar refractivity (Wildman–Crippen MR) is 74.8 cm³/mol. The number of hydrogen-bond acceptors (Lipinski definition) is 5. The molecule has 0 unspecified atom stereocenters. The normalized spacial score (nSPS) is 10.5. The molecule has 0 fully saturated rings. The van der Waals surface area contributed by atoms with Gasteiger partial charge in [-0.1, -0.05) is 0 Å². The third-order valence-corrected chi connectivity index (χ3v) is 4.29. The summed E-state index contributed by atoms with van der Waals surface area (Å²) in [6, 6.07) is 1.72. The minimum Gasteiger partial charge on any atom is -0.398 e. The Bertz CT molecular complexity index is 347. The van der Waals surface area contributed by atoms with Crippen LogP contribution in [0.5, 0.6) is 0 Å². The second-order valence-corrected chi connectivity index (χ2v) is 6.05. The summed E-state index contributed by atoms with van der Waals surface area (Å²) < 4.78 is 0. The van der Waals surface area contributed by atoms with Crippen LogP contribution in [0.2, 0.25) is 0 Å². The zero-order valence-corrected chi connectivity index (χ0v) is 11.5. The van der Waals surface area contributed by atoms with E-state index in [1.807, 2.05) is 6.92 Å². The van der Waals surface area contributed by atoms with Crippen molar-refractivity contribution in [1.29, 1.82) is 0 Å². The lowest BCUT2D eigenvalue weighted by Crippen LogP contribution is -2.25. The maximum Gasteiger partial charge on any atom is 0.261 e. The van der Waals surface area contributed by atoms with Crippen LogP contribution < -0.4 is 11.1 Å². The number of nitrogens with two attached hydrogens (primary N) is 1. The Kier molecular flexibility index (Phi) is 6.39. The molecule has 0 bridgehead atoms. The van der Waals surface area contributed by atoms with E-state index in [9.17, 15) is 4.79 Å². The fraction of sp³-hybridized carbons (Fsp3) is 0.545. The molecule has 1 aromatic rings. The standard InChI is InChI=1S/C11H18N2O2S2/c1-8-9(12)7-10(17-8)11(15)13-3-6-16-5-2-4-14/h7,14H,2-6,12H2,1H3,(H,13,15). The lowest BCUT2D eigenvalue weighted by molar-refractivity contribution is 0.0960. The van der Waals surface area contributed by atoms with Crippen molar-refractivity contribution in [2.24, 2.45) is 0 Å². The van der Waals surface area contributed by atoms with Gasteiger partial charge in [-0.05, 0) is 25.2 Å². The second-order valence-electron chi connectivity index (χ2n) is 3.57. The van der Waals surface area contributed by atoms with Gasteiger partial charge < -0.3 is 16.2 Å². The molecule has 1 rings (SSSR count). The summed E-state index contributed by atoms with van der Waals surface area (Å²) in [4.78, 5) is 13.3. The molecule has 4 nitrogen and oxygen atoms in total. The Morgan fingerprint density at radius 2 is 2.35 bits per heavy atom. The summed E-state index contributed by atoms with van der Waals surface area (Å²) in [6.45, 7) is 2.78. The Morgan fingerprint density at radius 1 is 1.59 bits per heavy atom. The fourth-order valence-electron chi connectivity index (χ4n) is 1.20. The number of anilines is 1. The number of hydrogen-bond donors (Lipinski definition) is 3. The summed E-state index contributed by atoms with van der Waals surface area (Å²) in [6.07, 6.45) is 0.805. The van der Waals surface area contributed by atoms with E-state index in [0.29, 0.717) is 17.1 Å². The van der Waals surface area contributed by atoms with Gasteiger partial charge in [0.1, 0.15) is 0 Å². The second kappa shape index (κ2) is 7.58. The van der Waals surface area contributed by atoms with Crippen LogP contribution in [0.25, 0.3) is 0 Å².